The van der Waals surface area contributed by atoms with Gasteiger partial charge in [0.15, 0.2) is 0 Å². The number of non-ortho nitro benzene ring substituents is 1. The fraction of sp³-hybridized carbons (Fsp3) is 0.611. The third kappa shape index (κ3) is 4.48. The number of ether oxygens (including phenoxy) is 1. The monoisotopic (exact) mass is 348 g/mol. The number of rotatable bonds is 5. The number of hydrogen-bond donors (Lipinski definition) is 0. The minimum atomic E-state index is -0.557. The molecule has 0 amide bonds. The first-order valence-electron chi connectivity index (χ1n) is 8.66. The normalized spacial score (nSPS) is 21.2. The molecule has 1 saturated heterocycles. The highest BCUT2D eigenvalue weighted by Gasteiger charge is 2.32. The van der Waals surface area contributed by atoms with Crippen LogP contribution in [-0.4, -0.2) is 35.1 Å². The molecule has 1 heterocycles. The molecule has 1 aliphatic heterocycles. The Morgan fingerprint density at radius 2 is 1.96 bits per heavy atom. The van der Waals surface area contributed by atoms with Gasteiger partial charge in [0, 0.05) is 19.0 Å². The molecule has 7 heteroatoms. The Bertz CT molecular complexity index is 679. The van der Waals surface area contributed by atoms with E-state index in [-0.39, 0.29) is 22.7 Å². The number of nitro benzene ring substituents is 1. The Balaban J connectivity index is 1.63. The van der Waals surface area contributed by atoms with Crippen molar-refractivity contribution in [1.82, 2.24) is 5.06 Å². The van der Waals surface area contributed by atoms with Gasteiger partial charge in [-0.05, 0) is 51.2 Å². The summed E-state index contributed by atoms with van der Waals surface area (Å²) in [6.07, 6.45) is 2.70. The standard InChI is InChI=1S/C18H24N2O5/c1-18(2,3)17(21)25-19-7-6-15(11-19)24-16-9-13(12-4-5-12)8-14(10-16)20(22)23/h8-10,12,15H,4-7,11H2,1-3H3/t15-/m1/s1. The second-order valence-electron chi connectivity index (χ2n) is 7.84. The average molecular weight is 348 g/mol. The van der Waals surface area contributed by atoms with Gasteiger partial charge in [-0.15, -0.1) is 5.06 Å². The van der Waals surface area contributed by atoms with E-state index in [0.717, 1.165) is 18.4 Å². The lowest BCUT2D eigenvalue weighted by Crippen LogP contribution is -2.33. The number of hydrogen-bond acceptors (Lipinski definition) is 6. The quantitative estimate of drug-likeness (QED) is 0.599. The number of benzene rings is 1. The van der Waals surface area contributed by atoms with Crippen molar-refractivity contribution in [2.45, 2.75) is 52.1 Å². The first-order chi connectivity index (χ1) is 11.7. The lowest BCUT2D eigenvalue weighted by molar-refractivity contribution is -0.385. The van der Waals surface area contributed by atoms with Crippen LogP contribution >= 0.6 is 0 Å². The van der Waals surface area contributed by atoms with E-state index in [4.69, 9.17) is 9.57 Å². The van der Waals surface area contributed by atoms with Crippen molar-refractivity contribution >= 4 is 11.7 Å². The van der Waals surface area contributed by atoms with Crippen LogP contribution in [0.5, 0.6) is 5.75 Å². The van der Waals surface area contributed by atoms with Crippen LogP contribution in [0, 0.1) is 15.5 Å². The van der Waals surface area contributed by atoms with E-state index in [2.05, 4.69) is 0 Å². The fourth-order valence-corrected chi connectivity index (χ4v) is 2.76. The predicted octanol–water partition coefficient (Wildman–Crippen LogP) is 3.43. The average Bonchev–Trinajstić information content (AvgIpc) is 3.28. The Kier molecular flexibility index (Phi) is 4.69. The van der Waals surface area contributed by atoms with Crippen molar-refractivity contribution in [1.29, 1.82) is 0 Å². The first kappa shape index (κ1) is 17.7. The molecule has 0 bridgehead atoms. The van der Waals surface area contributed by atoms with Gasteiger partial charge < -0.3 is 9.57 Å². The topological polar surface area (TPSA) is 81.9 Å². The summed E-state index contributed by atoms with van der Waals surface area (Å²) in [5.74, 6) is 0.652. The molecule has 1 aromatic carbocycles. The van der Waals surface area contributed by atoms with Gasteiger partial charge in [-0.2, -0.15) is 0 Å². The molecule has 1 aliphatic carbocycles. The highest BCUT2D eigenvalue weighted by molar-refractivity contribution is 5.75. The Hall–Kier alpha value is -2.15. The van der Waals surface area contributed by atoms with E-state index in [1.807, 2.05) is 26.8 Å². The number of hydroxylamine groups is 2. The molecular formula is C18H24N2O5. The summed E-state index contributed by atoms with van der Waals surface area (Å²) < 4.78 is 5.94. The molecule has 0 spiro atoms. The maximum atomic E-state index is 12.0. The molecule has 0 aromatic heterocycles. The first-order valence-corrected chi connectivity index (χ1v) is 8.66. The summed E-state index contributed by atoms with van der Waals surface area (Å²) in [5, 5.41) is 12.7. The third-order valence-electron chi connectivity index (χ3n) is 4.41. The molecule has 1 atom stereocenters. The van der Waals surface area contributed by atoms with Crippen molar-refractivity contribution in [3.05, 3.63) is 33.9 Å². The zero-order chi connectivity index (χ0) is 18.2. The van der Waals surface area contributed by atoms with E-state index >= 15 is 0 Å². The van der Waals surface area contributed by atoms with Gasteiger partial charge in [-0.25, -0.2) is 4.79 Å². The van der Waals surface area contributed by atoms with Gasteiger partial charge in [0.2, 0.25) is 0 Å². The largest absolute Gasteiger partial charge is 0.489 e. The van der Waals surface area contributed by atoms with Crippen LogP contribution in [-0.2, 0) is 9.63 Å². The van der Waals surface area contributed by atoms with E-state index in [1.54, 1.807) is 11.1 Å². The van der Waals surface area contributed by atoms with Crippen molar-refractivity contribution < 1.29 is 19.3 Å². The molecule has 2 fully saturated rings. The number of nitrogens with zero attached hydrogens (tertiary/aromatic N) is 2. The summed E-state index contributed by atoms with van der Waals surface area (Å²) in [7, 11) is 0. The van der Waals surface area contributed by atoms with E-state index in [1.165, 1.54) is 6.07 Å². The molecule has 1 aromatic rings. The molecule has 1 saturated carbocycles. The van der Waals surface area contributed by atoms with Crippen molar-refractivity contribution in [3.8, 4) is 5.75 Å². The maximum Gasteiger partial charge on any atom is 0.330 e. The van der Waals surface area contributed by atoms with E-state index < -0.39 is 5.41 Å². The van der Waals surface area contributed by atoms with Crippen LogP contribution in [0.2, 0.25) is 0 Å². The molecule has 0 radical (unpaired) electrons. The maximum absolute atomic E-state index is 12.0. The lowest BCUT2D eigenvalue weighted by Gasteiger charge is -2.22. The molecular weight excluding hydrogens is 324 g/mol. The van der Waals surface area contributed by atoms with Crippen LogP contribution in [0.3, 0.4) is 0 Å². The molecule has 7 nitrogen and oxygen atoms in total. The Morgan fingerprint density at radius 3 is 2.56 bits per heavy atom. The third-order valence-corrected chi connectivity index (χ3v) is 4.41. The number of carbonyl (C=O) groups is 1. The Labute approximate surface area is 147 Å². The van der Waals surface area contributed by atoms with Crippen LogP contribution in [0.1, 0.15) is 51.5 Å². The van der Waals surface area contributed by atoms with Crippen LogP contribution < -0.4 is 4.74 Å². The fourth-order valence-electron chi connectivity index (χ4n) is 2.76. The smallest absolute Gasteiger partial charge is 0.330 e. The molecule has 25 heavy (non-hydrogen) atoms. The minimum absolute atomic E-state index is 0.0633. The molecule has 2 aliphatic rings. The van der Waals surface area contributed by atoms with Gasteiger partial charge in [0.25, 0.3) is 5.69 Å². The SMILES string of the molecule is CC(C)(C)C(=O)ON1CC[C@@H](Oc2cc(C3CC3)cc([N+](=O)[O-])c2)C1. The molecule has 136 valence electrons. The molecule has 3 rings (SSSR count). The lowest BCUT2D eigenvalue weighted by atomic mass is 9.98. The molecule has 0 unspecified atom stereocenters. The number of carbonyl (C=O) groups excluding carboxylic acids is 1. The van der Waals surface area contributed by atoms with E-state index in [9.17, 15) is 14.9 Å². The summed E-state index contributed by atoms with van der Waals surface area (Å²) in [6.45, 7) is 6.48. The second kappa shape index (κ2) is 6.63. The summed E-state index contributed by atoms with van der Waals surface area (Å²) in [4.78, 5) is 28.1. The summed E-state index contributed by atoms with van der Waals surface area (Å²) in [5.41, 5.74) is 0.477. The zero-order valence-electron chi connectivity index (χ0n) is 14.9. The summed E-state index contributed by atoms with van der Waals surface area (Å²) in [6, 6.07) is 5.00. The summed E-state index contributed by atoms with van der Waals surface area (Å²) >= 11 is 0. The second-order valence-corrected chi connectivity index (χ2v) is 7.84. The number of nitro groups is 1. The predicted molar refractivity (Wildman–Crippen MR) is 91.2 cm³/mol. The van der Waals surface area contributed by atoms with Crippen LogP contribution in [0.4, 0.5) is 5.69 Å². The van der Waals surface area contributed by atoms with E-state index in [0.29, 0.717) is 31.2 Å². The minimum Gasteiger partial charge on any atom is -0.489 e. The van der Waals surface area contributed by atoms with Gasteiger partial charge in [-0.1, -0.05) is 0 Å². The van der Waals surface area contributed by atoms with Crippen LogP contribution in [0.15, 0.2) is 18.2 Å². The van der Waals surface area contributed by atoms with Gasteiger partial charge in [0.05, 0.1) is 22.9 Å². The van der Waals surface area contributed by atoms with Crippen molar-refractivity contribution in [3.63, 3.8) is 0 Å². The zero-order valence-corrected chi connectivity index (χ0v) is 14.9. The van der Waals surface area contributed by atoms with Gasteiger partial charge in [-0.3, -0.25) is 10.1 Å². The Morgan fingerprint density at radius 1 is 1.24 bits per heavy atom. The van der Waals surface area contributed by atoms with Crippen molar-refractivity contribution in [2.24, 2.45) is 5.41 Å². The van der Waals surface area contributed by atoms with Gasteiger partial charge in [0.1, 0.15) is 11.9 Å². The van der Waals surface area contributed by atoms with Crippen LogP contribution in [0.25, 0.3) is 0 Å². The molecule has 0 N–H and O–H groups in total. The highest BCUT2D eigenvalue weighted by Crippen LogP contribution is 2.42. The van der Waals surface area contributed by atoms with Crippen molar-refractivity contribution in [2.75, 3.05) is 13.1 Å². The highest BCUT2D eigenvalue weighted by atomic mass is 16.7. The van der Waals surface area contributed by atoms with Gasteiger partial charge >= 0.3 is 5.97 Å².